The number of hydrogen-bond donors (Lipinski definition) is 2. The zero-order valence-corrected chi connectivity index (χ0v) is 9.71. The highest BCUT2D eigenvalue weighted by atomic mass is 16.3. The predicted octanol–water partition coefficient (Wildman–Crippen LogP) is 3.22. The average molecular weight is 227 g/mol. The van der Waals surface area contributed by atoms with Crippen LogP contribution in [-0.2, 0) is 0 Å². The van der Waals surface area contributed by atoms with Gasteiger partial charge >= 0.3 is 0 Å². The molecule has 0 radical (unpaired) electrons. The van der Waals surface area contributed by atoms with Gasteiger partial charge in [0.2, 0.25) is 0 Å². The first-order valence-corrected chi connectivity index (χ1v) is 5.88. The van der Waals surface area contributed by atoms with E-state index in [4.69, 9.17) is 0 Å². The van der Waals surface area contributed by atoms with E-state index in [1.165, 1.54) is 0 Å². The van der Waals surface area contributed by atoms with Gasteiger partial charge in [0.25, 0.3) is 0 Å². The van der Waals surface area contributed by atoms with Gasteiger partial charge in [0, 0.05) is 12.2 Å². The number of benzene rings is 2. The van der Waals surface area contributed by atoms with Crippen molar-refractivity contribution in [2.75, 3.05) is 11.9 Å². The fraction of sp³-hybridized carbons (Fsp3) is 0.200. The highest BCUT2D eigenvalue weighted by molar-refractivity contribution is 5.42. The first-order chi connectivity index (χ1) is 8.36. The summed E-state index contributed by atoms with van der Waals surface area (Å²) >= 11 is 0. The lowest BCUT2D eigenvalue weighted by Crippen LogP contribution is -2.07. The molecule has 0 saturated heterocycles. The Morgan fingerprint density at radius 3 is 2.12 bits per heavy atom. The summed E-state index contributed by atoms with van der Waals surface area (Å²) in [6.45, 7) is 0.764. The number of nitrogens with one attached hydrogen (secondary N) is 1. The zero-order valence-electron chi connectivity index (χ0n) is 9.71. The molecule has 2 heteroatoms. The van der Waals surface area contributed by atoms with Gasteiger partial charge in [-0.15, -0.1) is 0 Å². The molecule has 2 rings (SSSR count). The van der Waals surface area contributed by atoms with Gasteiger partial charge in [0.15, 0.2) is 0 Å². The molecule has 0 saturated carbocycles. The second kappa shape index (κ2) is 6.06. The summed E-state index contributed by atoms with van der Waals surface area (Å²) in [4.78, 5) is 0. The van der Waals surface area contributed by atoms with E-state index in [1.54, 1.807) is 0 Å². The van der Waals surface area contributed by atoms with Crippen molar-refractivity contribution < 1.29 is 5.11 Å². The van der Waals surface area contributed by atoms with Gasteiger partial charge in [-0.05, 0) is 24.1 Å². The molecule has 0 aliphatic rings. The fourth-order valence-corrected chi connectivity index (χ4v) is 1.75. The molecule has 2 aromatic carbocycles. The molecule has 0 amide bonds. The van der Waals surface area contributed by atoms with Crippen molar-refractivity contribution in [2.45, 2.75) is 12.5 Å². The SMILES string of the molecule is O[C@H](CCNc1ccccc1)c1ccccc1. The zero-order chi connectivity index (χ0) is 11.9. The van der Waals surface area contributed by atoms with Crippen LogP contribution in [0.5, 0.6) is 0 Å². The third-order valence-electron chi connectivity index (χ3n) is 2.71. The number of rotatable bonds is 5. The van der Waals surface area contributed by atoms with Crippen LogP contribution in [0.15, 0.2) is 60.7 Å². The van der Waals surface area contributed by atoms with Crippen molar-refractivity contribution in [3.8, 4) is 0 Å². The lowest BCUT2D eigenvalue weighted by Gasteiger charge is -2.12. The van der Waals surface area contributed by atoms with Gasteiger partial charge in [0.05, 0.1) is 6.10 Å². The number of aliphatic hydroxyl groups is 1. The first kappa shape index (κ1) is 11.7. The van der Waals surface area contributed by atoms with E-state index in [0.717, 1.165) is 17.8 Å². The number of para-hydroxylation sites is 1. The van der Waals surface area contributed by atoms with Gasteiger partial charge in [-0.25, -0.2) is 0 Å². The summed E-state index contributed by atoms with van der Waals surface area (Å²) in [6.07, 6.45) is 0.311. The molecular formula is C15H17NO. The fourth-order valence-electron chi connectivity index (χ4n) is 1.75. The molecule has 2 nitrogen and oxygen atoms in total. The minimum Gasteiger partial charge on any atom is -0.388 e. The number of hydrogen-bond acceptors (Lipinski definition) is 2. The largest absolute Gasteiger partial charge is 0.388 e. The van der Waals surface area contributed by atoms with Gasteiger partial charge in [-0.3, -0.25) is 0 Å². The Labute approximate surface area is 102 Å². The Morgan fingerprint density at radius 1 is 0.882 bits per heavy atom. The number of anilines is 1. The van der Waals surface area contributed by atoms with E-state index < -0.39 is 6.10 Å². The molecule has 17 heavy (non-hydrogen) atoms. The van der Waals surface area contributed by atoms with Crippen LogP contribution < -0.4 is 5.32 Å². The van der Waals surface area contributed by atoms with Crippen molar-refractivity contribution >= 4 is 5.69 Å². The summed E-state index contributed by atoms with van der Waals surface area (Å²) in [5.74, 6) is 0. The van der Waals surface area contributed by atoms with E-state index in [1.807, 2.05) is 60.7 Å². The molecule has 0 bridgehead atoms. The standard InChI is InChI=1S/C15H17NO/c17-15(13-7-3-1-4-8-13)11-12-16-14-9-5-2-6-10-14/h1-10,15-17H,11-12H2/t15-/m1/s1. The Kier molecular flexibility index (Phi) is 4.17. The topological polar surface area (TPSA) is 32.3 Å². The summed E-state index contributed by atoms with van der Waals surface area (Å²) in [5.41, 5.74) is 2.06. The van der Waals surface area contributed by atoms with E-state index in [2.05, 4.69) is 5.32 Å². The second-order valence-corrected chi connectivity index (χ2v) is 4.01. The molecular weight excluding hydrogens is 210 g/mol. The van der Waals surface area contributed by atoms with Crippen molar-refractivity contribution in [1.82, 2.24) is 0 Å². The van der Waals surface area contributed by atoms with E-state index in [9.17, 15) is 5.11 Å². The Morgan fingerprint density at radius 2 is 1.47 bits per heavy atom. The van der Waals surface area contributed by atoms with Crippen molar-refractivity contribution in [3.05, 3.63) is 66.2 Å². The minimum atomic E-state index is -0.396. The molecule has 0 aliphatic carbocycles. The van der Waals surface area contributed by atoms with Crippen LogP contribution in [0.1, 0.15) is 18.1 Å². The van der Waals surface area contributed by atoms with Crippen LogP contribution in [-0.4, -0.2) is 11.7 Å². The maximum Gasteiger partial charge on any atom is 0.0806 e. The lowest BCUT2D eigenvalue weighted by molar-refractivity contribution is 0.171. The average Bonchev–Trinajstić information content (AvgIpc) is 2.41. The number of aliphatic hydroxyl groups excluding tert-OH is 1. The van der Waals surface area contributed by atoms with E-state index >= 15 is 0 Å². The molecule has 0 aliphatic heterocycles. The summed E-state index contributed by atoms with van der Waals surface area (Å²) in [5, 5.41) is 13.2. The highest BCUT2D eigenvalue weighted by Gasteiger charge is 2.05. The molecule has 0 fully saturated rings. The third kappa shape index (κ3) is 3.61. The summed E-state index contributed by atoms with van der Waals surface area (Å²) in [7, 11) is 0. The predicted molar refractivity (Wildman–Crippen MR) is 71.0 cm³/mol. The first-order valence-electron chi connectivity index (χ1n) is 5.88. The minimum absolute atomic E-state index is 0.396. The molecule has 0 spiro atoms. The Bertz CT molecular complexity index is 427. The molecule has 2 aromatic rings. The van der Waals surface area contributed by atoms with Crippen LogP contribution in [0, 0.1) is 0 Å². The van der Waals surface area contributed by atoms with Crippen LogP contribution >= 0.6 is 0 Å². The van der Waals surface area contributed by atoms with E-state index in [-0.39, 0.29) is 0 Å². The normalized spacial score (nSPS) is 12.1. The van der Waals surface area contributed by atoms with Gasteiger partial charge < -0.3 is 10.4 Å². The summed E-state index contributed by atoms with van der Waals surface area (Å²) in [6, 6.07) is 19.8. The maximum atomic E-state index is 9.96. The lowest BCUT2D eigenvalue weighted by atomic mass is 10.1. The van der Waals surface area contributed by atoms with Crippen LogP contribution in [0.25, 0.3) is 0 Å². The highest BCUT2D eigenvalue weighted by Crippen LogP contribution is 2.16. The Hall–Kier alpha value is -1.80. The van der Waals surface area contributed by atoms with Crippen molar-refractivity contribution in [1.29, 1.82) is 0 Å². The van der Waals surface area contributed by atoms with Crippen LogP contribution in [0.4, 0.5) is 5.69 Å². The molecule has 2 N–H and O–H groups in total. The molecule has 88 valence electrons. The van der Waals surface area contributed by atoms with Crippen LogP contribution in [0.3, 0.4) is 0 Å². The molecule has 0 aromatic heterocycles. The maximum absolute atomic E-state index is 9.96. The second-order valence-electron chi connectivity index (χ2n) is 4.01. The van der Waals surface area contributed by atoms with Crippen molar-refractivity contribution in [3.63, 3.8) is 0 Å². The quantitative estimate of drug-likeness (QED) is 0.822. The van der Waals surface area contributed by atoms with Crippen molar-refractivity contribution in [2.24, 2.45) is 0 Å². The van der Waals surface area contributed by atoms with Crippen LogP contribution in [0.2, 0.25) is 0 Å². The smallest absolute Gasteiger partial charge is 0.0806 e. The summed E-state index contributed by atoms with van der Waals surface area (Å²) < 4.78 is 0. The third-order valence-corrected chi connectivity index (χ3v) is 2.71. The molecule has 1 atom stereocenters. The molecule has 0 heterocycles. The Balaban J connectivity index is 1.79. The van der Waals surface area contributed by atoms with Gasteiger partial charge in [0.1, 0.15) is 0 Å². The monoisotopic (exact) mass is 227 g/mol. The van der Waals surface area contributed by atoms with Gasteiger partial charge in [-0.2, -0.15) is 0 Å². The van der Waals surface area contributed by atoms with Gasteiger partial charge in [-0.1, -0.05) is 48.5 Å². The molecule has 0 unspecified atom stereocenters. The van der Waals surface area contributed by atoms with E-state index in [0.29, 0.717) is 6.42 Å².